The summed E-state index contributed by atoms with van der Waals surface area (Å²) in [6.45, 7) is 3.14. The molecule has 0 radical (unpaired) electrons. The summed E-state index contributed by atoms with van der Waals surface area (Å²) in [4.78, 5) is 17.1. The second-order valence-corrected chi connectivity index (χ2v) is 6.68. The number of nitrogens with zero attached hydrogens (tertiary/aromatic N) is 3. The van der Waals surface area contributed by atoms with Crippen LogP contribution in [0.25, 0.3) is 10.9 Å². The predicted molar refractivity (Wildman–Crippen MR) is 104 cm³/mol. The Hall–Kier alpha value is -2.95. The van der Waals surface area contributed by atoms with Crippen molar-refractivity contribution in [3.63, 3.8) is 0 Å². The maximum Gasteiger partial charge on any atom is 0.254 e. The zero-order valence-corrected chi connectivity index (χ0v) is 15.2. The number of benzene rings is 2. The largest absolute Gasteiger partial charge is 0.497 e. The van der Waals surface area contributed by atoms with E-state index in [4.69, 9.17) is 4.74 Å². The zero-order chi connectivity index (χ0) is 18.1. The van der Waals surface area contributed by atoms with Crippen LogP contribution >= 0.6 is 0 Å². The SMILES string of the molecule is COc1ccc(N2CCN(C(=O)c3ccc4ccn(C)c4c3)CC2)cc1. The molecule has 1 aliphatic rings. The molecule has 0 unspecified atom stereocenters. The lowest BCUT2D eigenvalue weighted by Gasteiger charge is -2.36. The van der Waals surface area contributed by atoms with Crippen molar-refractivity contribution in [3.8, 4) is 5.75 Å². The van der Waals surface area contributed by atoms with Gasteiger partial charge in [0.25, 0.3) is 5.91 Å². The molecule has 0 saturated carbocycles. The van der Waals surface area contributed by atoms with Crippen LogP contribution in [0.4, 0.5) is 5.69 Å². The third kappa shape index (κ3) is 3.01. The minimum Gasteiger partial charge on any atom is -0.497 e. The van der Waals surface area contributed by atoms with E-state index >= 15 is 0 Å². The number of ether oxygens (including phenoxy) is 1. The average molecular weight is 349 g/mol. The van der Waals surface area contributed by atoms with Crippen LogP contribution in [-0.2, 0) is 7.05 Å². The number of aromatic nitrogens is 1. The van der Waals surface area contributed by atoms with Gasteiger partial charge in [0, 0.05) is 56.2 Å². The van der Waals surface area contributed by atoms with Gasteiger partial charge in [-0.25, -0.2) is 0 Å². The van der Waals surface area contributed by atoms with Gasteiger partial charge in [-0.05, 0) is 47.9 Å². The van der Waals surface area contributed by atoms with Crippen molar-refractivity contribution in [3.05, 3.63) is 60.3 Å². The number of hydrogen-bond acceptors (Lipinski definition) is 3. The first kappa shape index (κ1) is 16.5. The van der Waals surface area contributed by atoms with E-state index in [1.807, 2.05) is 53.0 Å². The molecule has 2 heterocycles. The van der Waals surface area contributed by atoms with E-state index in [1.54, 1.807) is 7.11 Å². The number of methoxy groups -OCH3 is 1. The van der Waals surface area contributed by atoms with Gasteiger partial charge in [-0.1, -0.05) is 6.07 Å². The Bertz CT molecular complexity index is 922. The monoisotopic (exact) mass is 349 g/mol. The first-order valence-corrected chi connectivity index (χ1v) is 8.89. The fourth-order valence-electron chi connectivity index (χ4n) is 3.54. The van der Waals surface area contributed by atoms with Gasteiger partial charge in [-0.2, -0.15) is 0 Å². The number of carbonyl (C=O) groups excluding carboxylic acids is 1. The number of carbonyl (C=O) groups is 1. The second kappa shape index (κ2) is 6.75. The van der Waals surface area contributed by atoms with Gasteiger partial charge in [-0.15, -0.1) is 0 Å². The number of piperazine rings is 1. The van der Waals surface area contributed by atoms with Crippen molar-refractivity contribution in [2.75, 3.05) is 38.2 Å². The summed E-state index contributed by atoms with van der Waals surface area (Å²) in [5, 5.41) is 1.16. The van der Waals surface area contributed by atoms with Gasteiger partial charge >= 0.3 is 0 Å². The highest BCUT2D eigenvalue weighted by Gasteiger charge is 2.22. The summed E-state index contributed by atoms with van der Waals surface area (Å²) >= 11 is 0. The lowest BCUT2D eigenvalue weighted by Crippen LogP contribution is -2.48. The molecule has 5 nitrogen and oxygen atoms in total. The van der Waals surface area contributed by atoms with Crippen molar-refractivity contribution < 1.29 is 9.53 Å². The fraction of sp³-hybridized carbons (Fsp3) is 0.286. The lowest BCUT2D eigenvalue weighted by atomic mass is 10.1. The zero-order valence-electron chi connectivity index (χ0n) is 15.2. The molecule has 0 N–H and O–H groups in total. The van der Waals surface area contributed by atoms with Gasteiger partial charge in [0.2, 0.25) is 0 Å². The Labute approximate surface area is 153 Å². The first-order valence-electron chi connectivity index (χ1n) is 8.89. The van der Waals surface area contributed by atoms with Crippen molar-refractivity contribution in [2.24, 2.45) is 7.05 Å². The standard InChI is InChI=1S/C21H23N3O2/c1-22-10-9-16-3-4-17(15-20(16)22)21(25)24-13-11-23(12-14-24)18-5-7-19(26-2)8-6-18/h3-10,15H,11-14H2,1-2H3. The number of anilines is 1. The van der Waals surface area contributed by atoms with Gasteiger partial charge in [-0.3, -0.25) is 4.79 Å². The summed E-state index contributed by atoms with van der Waals surface area (Å²) in [6.07, 6.45) is 2.02. The lowest BCUT2D eigenvalue weighted by molar-refractivity contribution is 0.0747. The average Bonchev–Trinajstić information content (AvgIpc) is 3.08. The number of amides is 1. The molecule has 1 saturated heterocycles. The molecular formula is C21H23N3O2. The molecule has 26 heavy (non-hydrogen) atoms. The molecule has 5 heteroatoms. The summed E-state index contributed by atoms with van der Waals surface area (Å²) in [5.41, 5.74) is 3.02. The Morgan fingerprint density at radius 2 is 1.69 bits per heavy atom. The van der Waals surface area contributed by atoms with Gasteiger partial charge in [0.1, 0.15) is 5.75 Å². The van der Waals surface area contributed by atoms with E-state index in [9.17, 15) is 4.79 Å². The number of rotatable bonds is 3. The maximum atomic E-state index is 12.9. The normalized spacial score (nSPS) is 14.7. The summed E-state index contributed by atoms with van der Waals surface area (Å²) in [5.74, 6) is 0.973. The van der Waals surface area contributed by atoms with Crippen LogP contribution in [0.5, 0.6) is 5.75 Å². The van der Waals surface area contributed by atoms with E-state index in [0.29, 0.717) is 0 Å². The topological polar surface area (TPSA) is 37.7 Å². The van der Waals surface area contributed by atoms with Crippen LogP contribution in [0.3, 0.4) is 0 Å². The molecule has 1 fully saturated rings. The minimum absolute atomic E-state index is 0.113. The van der Waals surface area contributed by atoms with Gasteiger partial charge in [0.05, 0.1) is 7.11 Å². The van der Waals surface area contributed by atoms with E-state index in [0.717, 1.165) is 48.4 Å². The molecule has 0 aliphatic carbocycles. The molecule has 2 aromatic carbocycles. The third-order valence-corrected chi connectivity index (χ3v) is 5.14. The van der Waals surface area contributed by atoms with Gasteiger partial charge in [0.15, 0.2) is 0 Å². The molecule has 3 aromatic rings. The molecule has 1 aliphatic heterocycles. The van der Waals surface area contributed by atoms with Crippen LogP contribution in [0.2, 0.25) is 0 Å². The van der Waals surface area contributed by atoms with Gasteiger partial charge < -0.3 is 19.1 Å². The highest BCUT2D eigenvalue weighted by atomic mass is 16.5. The Balaban J connectivity index is 1.44. The highest BCUT2D eigenvalue weighted by molar-refractivity contribution is 5.98. The van der Waals surface area contributed by atoms with Crippen LogP contribution < -0.4 is 9.64 Å². The third-order valence-electron chi connectivity index (χ3n) is 5.14. The Morgan fingerprint density at radius 1 is 0.962 bits per heavy atom. The molecular weight excluding hydrogens is 326 g/mol. The minimum atomic E-state index is 0.113. The molecule has 1 amide bonds. The highest BCUT2D eigenvalue weighted by Crippen LogP contribution is 2.22. The Kier molecular flexibility index (Phi) is 4.29. The number of aryl methyl sites for hydroxylation is 1. The summed E-state index contributed by atoms with van der Waals surface area (Å²) in [7, 11) is 3.68. The maximum absolute atomic E-state index is 12.9. The molecule has 0 spiro atoms. The van der Waals surface area contributed by atoms with Crippen molar-refractivity contribution in [1.82, 2.24) is 9.47 Å². The smallest absolute Gasteiger partial charge is 0.254 e. The van der Waals surface area contributed by atoms with E-state index < -0.39 is 0 Å². The summed E-state index contributed by atoms with van der Waals surface area (Å²) < 4.78 is 7.26. The quantitative estimate of drug-likeness (QED) is 0.729. The second-order valence-electron chi connectivity index (χ2n) is 6.68. The van der Waals surface area contributed by atoms with Crippen molar-refractivity contribution >= 4 is 22.5 Å². The van der Waals surface area contributed by atoms with Crippen LogP contribution in [0, 0.1) is 0 Å². The first-order chi connectivity index (χ1) is 12.7. The fourth-order valence-corrected chi connectivity index (χ4v) is 3.54. The number of hydrogen-bond donors (Lipinski definition) is 0. The molecule has 1 aromatic heterocycles. The Morgan fingerprint density at radius 3 is 2.38 bits per heavy atom. The number of fused-ring (bicyclic) bond motifs is 1. The van der Waals surface area contributed by atoms with E-state index in [-0.39, 0.29) is 5.91 Å². The van der Waals surface area contributed by atoms with E-state index in [1.165, 1.54) is 5.69 Å². The van der Waals surface area contributed by atoms with Crippen LogP contribution in [0.1, 0.15) is 10.4 Å². The van der Waals surface area contributed by atoms with Crippen LogP contribution in [-0.4, -0.2) is 48.7 Å². The molecule has 0 atom stereocenters. The van der Waals surface area contributed by atoms with Crippen molar-refractivity contribution in [1.29, 1.82) is 0 Å². The van der Waals surface area contributed by atoms with E-state index in [2.05, 4.69) is 23.1 Å². The molecule has 4 rings (SSSR count). The predicted octanol–water partition coefficient (Wildman–Crippen LogP) is 3.15. The molecule has 0 bridgehead atoms. The van der Waals surface area contributed by atoms with Crippen LogP contribution in [0.15, 0.2) is 54.7 Å². The molecule has 134 valence electrons. The summed E-state index contributed by atoms with van der Waals surface area (Å²) in [6, 6.07) is 16.1. The van der Waals surface area contributed by atoms with Crippen molar-refractivity contribution in [2.45, 2.75) is 0 Å².